The molecule has 13 nitrogen and oxygen atoms in total. The quantitative estimate of drug-likeness (QED) is 0.177. The first-order valence-corrected chi connectivity index (χ1v) is 9.29. The van der Waals surface area contributed by atoms with Crippen molar-refractivity contribution >= 4 is 35.3 Å². The molecule has 2 unspecified atom stereocenters. The summed E-state index contributed by atoms with van der Waals surface area (Å²) in [6, 6.07) is 13.8. The van der Waals surface area contributed by atoms with Gasteiger partial charge in [0.25, 0.3) is 0 Å². The van der Waals surface area contributed by atoms with Crippen LogP contribution in [0.2, 0.25) is 0 Å². The van der Waals surface area contributed by atoms with Crippen LogP contribution in [0.5, 0.6) is 0 Å². The van der Waals surface area contributed by atoms with Crippen LogP contribution in [-0.2, 0) is 19.2 Å². The molecule has 0 amide bonds. The number of carboxylic acid groups (broad SMARTS) is 4. The van der Waals surface area contributed by atoms with E-state index in [-0.39, 0.29) is 211 Å². The maximum Gasteiger partial charge on any atom is 1.00 e. The van der Waals surface area contributed by atoms with Crippen molar-refractivity contribution < 1.29 is 261 Å². The molecule has 0 spiro atoms. The van der Waals surface area contributed by atoms with Crippen molar-refractivity contribution in [1.29, 1.82) is 0 Å². The number of carbonyl (C=O) groups is 4. The first-order valence-electron chi connectivity index (χ1n) is 9.29. The molecule has 2 aromatic rings. The first-order chi connectivity index (χ1) is 15.5. The van der Waals surface area contributed by atoms with E-state index in [1.165, 1.54) is 0 Å². The minimum absolute atomic E-state index is 0. The molecule has 0 heterocycles. The van der Waals surface area contributed by atoms with E-state index in [1.54, 1.807) is 48.5 Å². The largest absolute Gasteiger partial charge is 1.00 e. The number of carboxylic acids is 4. The van der Waals surface area contributed by atoms with E-state index in [0.29, 0.717) is 22.5 Å². The number of aliphatic hydroxyl groups excluding tert-OH is 2. The number of rotatable bonds is 3. The summed E-state index contributed by atoms with van der Waals surface area (Å²) in [5.74, 6) is -4.33. The van der Waals surface area contributed by atoms with Gasteiger partial charge in [-0.15, -0.1) is 0 Å². The van der Waals surface area contributed by atoms with Gasteiger partial charge in [-0.25, -0.2) is 0 Å². The van der Waals surface area contributed by atoms with Crippen molar-refractivity contribution in [2.45, 2.75) is 39.9 Å². The standard InChI is InChI=1S/C14H16N2O2.4C2H4O2.4K.H2O/c15-11-7-3-1-5-9(11)13(17)14(18)10-6-2-4-8-12(10)16;4*1-2(3)4;;;;;/h1-8,13-14,17-18H,15-16H2;4*1H3,(H,3,4);;;;;1H2/q;;;;;4*+1;/p-4. The van der Waals surface area contributed by atoms with E-state index in [0.717, 1.165) is 27.7 Å². The average molecular weight is 655 g/mol. The Hall–Kier alpha value is 2.35. The Balaban J connectivity index is -0.0000000645. The third kappa shape index (κ3) is 44.9. The molecular formula is C22H30K4N2O11. The van der Waals surface area contributed by atoms with Gasteiger partial charge in [0, 0.05) is 46.4 Å². The molecule has 0 aliphatic heterocycles. The fourth-order valence-corrected chi connectivity index (χ4v) is 1.90. The van der Waals surface area contributed by atoms with Gasteiger partial charge < -0.3 is 66.8 Å². The zero-order valence-electron chi connectivity index (χ0n) is 23.6. The Morgan fingerprint density at radius 1 is 0.564 bits per heavy atom. The van der Waals surface area contributed by atoms with Gasteiger partial charge in [0.2, 0.25) is 0 Å². The molecule has 0 aromatic heterocycles. The molecule has 0 saturated carbocycles. The molecule has 2 aromatic carbocycles. The van der Waals surface area contributed by atoms with E-state index < -0.39 is 36.1 Å². The molecule has 39 heavy (non-hydrogen) atoms. The molecular weight excluding hydrogens is 625 g/mol. The average Bonchev–Trinajstić information content (AvgIpc) is 2.66. The summed E-state index contributed by atoms with van der Waals surface area (Å²) in [5, 5.41) is 55.9. The zero-order valence-corrected chi connectivity index (χ0v) is 36.1. The summed E-state index contributed by atoms with van der Waals surface area (Å²) < 4.78 is 0. The van der Waals surface area contributed by atoms with Crippen LogP contribution < -0.4 is 237 Å². The Bertz CT molecular complexity index is 810. The summed E-state index contributed by atoms with van der Waals surface area (Å²) in [7, 11) is 0. The number of anilines is 2. The van der Waals surface area contributed by atoms with Gasteiger partial charge in [-0.05, 0) is 39.8 Å². The number of hydrogen-bond acceptors (Lipinski definition) is 12. The molecule has 2 rings (SSSR count). The predicted molar refractivity (Wildman–Crippen MR) is 118 cm³/mol. The number of benzene rings is 2. The number of carbonyl (C=O) groups excluding carboxylic acids is 4. The molecule has 0 aliphatic carbocycles. The third-order valence-electron chi connectivity index (χ3n) is 2.93. The predicted octanol–water partition coefficient (Wildman–Crippen LogP) is -16.2. The van der Waals surface area contributed by atoms with E-state index in [4.69, 9.17) is 51.1 Å². The number of nitrogen functional groups attached to an aromatic ring is 2. The normalized spacial score (nSPS) is 9.08. The zero-order chi connectivity index (χ0) is 27.4. The van der Waals surface area contributed by atoms with Crippen LogP contribution in [0.4, 0.5) is 11.4 Å². The SMILES string of the molecule is CC(=O)[O-].CC(=O)[O-].CC(=O)[O-].CC(=O)[O-].Nc1ccccc1C(O)C(O)c1ccccc1N.O.[K+].[K+].[K+].[K+]. The van der Waals surface area contributed by atoms with Crippen molar-refractivity contribution in [1.82, 2.24) is 0 Å². The van der Waals surface area contributed by atoms with Crippen LogP contribution in [0, 0.1) is 0 Å². The topological polar surface area (TPSA) is 285 Å². The van der Waals surface area contributed by atoms with Crippen molar-refractivity contribution in [3.8, 4) is 0 Å². The van der Waals surface area contributed by atoms with Gasteiger partial charge in [-0.1, -0.05) is 36.4 Å². The molecule has 0 bridgehead atoms. The van der Waals surface area contributed by atoms with Gasteiger partial charge in [-0.3, -0.25) is 0 Å². The maximum atomic E-state index is 10.2. The fourth-order valence-electron chi connectivity index (χ4n) is 1.90. The van der Waals surface area contributed by atoms with Crippen LogP contribution in [-0.4, -0.2) is 39.6 Å². The van der Waals surface area contributed by atoms with Crippen molar-refractivity contribution in [3.63, 3.8) is 0 Å². The molecule has 8 N–H and O–H groups in total. The second-order valence-electron chi connectivity index (χ2n) is 6.11. The van der Waals surface area contributed by atoms with Crippen molar-refractivity contribution in [2.24, 2.45) is 0 Å². The molecule has 2 atom stereocenters. The number of aliphatic hydroxyl groups is 2. The molecule has 0 saturated heterocycles. The second kappa shape index (κ2) is 38.4. The Morgan fingerprint density at radius 2 is 0.718 bits per heavy atom. The van der Waals surface area contributed by atoms with E-state index in [9.17, 15) is 10.2 Å². The Kier molecular flexibility index (Phi) is 59.5. The molecule has 17 heteroatoms. The first kappa shape index (κ1) is 60.5. The summed E-state index contributed by atoms with van der Waals surface area (Å²) >= 11 is 0. The number of hydrogen-bond donors (Lipinski definition) is 4. The second-order valence-corrected chi connectivity index (χ2v) is 6.11. The van der Waals surface area contributed by atoms with Gasteiger partial charge >= 0.3 is 206 Å². The van der Waals surface area contributed by atoms with Gasteiger partial charge in [-0.2, -0.15) is 0 Å². The van der Waals surface area contributed by atoms with E-state index in [2.05, 4.69) is 0 Å². The van der Waals surface area contributed by atoms with Crippen LogP contribution in [0.1, 0.15) is 51.0 Å². The maximum absolute atomic E-state index is 10.2. The van der Waals surface area contributed by atoms with E-state index >= 15 is 0 Å². The molecule has 0 aliphatic rings. The Labute approximate surface area is 397 Å². The van der Waals surface area contributed by atoms with Gasteiger partial charge in [0.1, 0.15) is 12.2 Å². The van der Waals surface area contributed by atoms with Crippen LogP contribution in [0.3, 0.4) is 0 Å². The molecule has 198 valence electrons. The summed E-state index contributed by atoms with van der Waals surface area (Å²) in [6.07, 6.45) is -2.20. The Morgan fingerprint density at radius 3 is 0.872 bits per heavy atom. The van der Waals surface area contributed by atoms with Crippen molar-refractivity contribution in [2.75, 3.05) is 11.5 Å². The van der Waals surface area contributed by atoms with Gasteiger partial charge in [0.15, 0.2) is 0 Å². The number of para-hydroxylation sites is 2. The van der Waals surface area contributed by atoms with E-state index in [1.807, 2.05) is 0 Å². The van der Waals surface area contributed by atoms with Crippen LogP contribution in [0.25, 0.3) is 0 Å². The summed E-state index contributed by atoms with van der Waals surface area (Å²) in [5.41, 5.74) is 13.4. The fraction of sp³-hybridized carbons (Fsp3) is 0.273. The molecule has 0 radical (unpaired) electrons. The van der Waals surface area contributed by atoms with Crippen LogP contribution >= 0.6 is 0 Å². The summed E-state index contributed by atoms with van der Waals surface area (Å²) in [6.45, 7) is 3.89. The third-order valence-corrected chi connectivity index (χ3v) is 2.93. The van der Waals surface area contributed by atoms with Crippen molar-refractivity contribution in [3.05, 3.63) is 59.7 Å². The van der Waals surface area contributed by atoms with Gasteiger partial charge in [0.05, 0.1) is 0 Å². The monoisotopic (exact) mass is 654 g/mol. The number of nitrogens with two attached hydrogens (primary N) is 2. The summed E-state index contributed by atoms with van der Waals surface area (Å²) in [4.78, 5) is 35.6. The number of aliphatic carboxylic acids is 4. The minimum atomic E-state index is -1.10. The minimum Gasteiger partial charge on any atom is -0.550 e. The smallest absolute Gasteiger partial charge is 0.550 e. The molecule has 0 fully saturated rings. The van der Waals surface area contributed by atoms with Crippen LogP contribution in [0.15, 0.2) is 48.5 Å².